The molecule has 0 radical (unpaired) electrons. The molecule has 2 heterocycles. The van der Waals surface area contributed by atoms with Gasteiger partial charge in [0.05, 0.1) is 0 Å². The summed E-state index contributed by atoms with van der Waals surface area (Å²) in [5.74, 6) is 0. The minimum absolute atomic E-state index is 0.428. The number of aryl methyl sites for hydroxylation is 1. The van der Waals surface area contributed by atoms with Gasteiger partial charge in [0.15, 0.2) is 0 Å². The molecule has 2 fully saturated rings. The molecule has 1 atom stereocenters. The number of hydrogen-bond acceptors (Lipinski definition) is 3. The third-order valence-electron chi connectivity index (χ3n) is 4.94. The zero-order valence-corrected chi connectivity index (χ0v) is 13.1. The predicted molar refractivity (Wildman–Crippen MR) is 82.9 cm³/mol. The molecule has 1 spiro atoms. The van der Waals surface area contributed by atoms with Gasteiger partial charge in [-0.1, -0.05) is 19.3 Å². The van der Waals surface area contributed by atoms with E-state index in [9.17, 15) is 0 Å². The maximum absolute atomic E-state index is 3.84. The Hall–Kier alpha value is -0.380. The smallest absolute Gasteiger partial charge is 0.0414 e. The lowest BCUT2D eigenvalue weighted by atomic mass is 9.80. The van der Waals surface area contributed by atoms with Crippen LogP contribution in [0.2, 0.25) is 0 Å². The van der Waals surface area contributed by atoms with Crippen molar-refractivity contribution >= 4 is 11.3 Å². The Morgan fingerprint density at radius 3 is 2.74 bits per heavy atom. The van der Waals surface area contributed by atoms with E-state index in [4.69, 9.17) is 0 Å². The first kappa shape index (κ1) is 13.6. The fourth-order valence-electron chi connectivity index (χ4n) is 3.74. The summed E-state index contributed by atoms with van der Waals surface area (Å²) in [5, 5.41) is 3.84. The van der Waals surface area contributed by atoms with Gasteiger partial charge in [0.1, 0.15) is 0 Å². The lowest BCUT2D eigenvalue weighted by Gasteiger charge is -2.47. The van der Waals surface area contributed by atoms with E-state index >= 15 is 0 Å². The standard InChI is InChI=1S/C16H26N2S/c1-13-6-7-15(19-13)14(2)18-11-10-17-16(12-18)8-4-3-5-9-16/h6-7,14,17H,3-5,8-12H2,1-2H3. The first-order chi connectivity index (χ1) is 9.19. The van der Waals surface area contributed by atoms with Crippen molar-refractivity contribution in [2.75, 3.05) is 19.6 Å². The minimum Gasteiger partial charge on any atom is -0.309 e. The Bertz CT molecular complexity index is 415. The lowest BCUT2D eigenvalue weighted by Crippen LogP contribution is -2.61. The highest BCUT2D eigenvalue weighted by atomic mass is 32.1. The van der Waals surface area contributed by atoms with Crippen LogP contribution in [0.3, 0.4) is 0 Å². The van der Waals surface area contributed by atoms with Crippen LogP contribution in [0.25, 0.3) is 0 Å². The van der Waals surface area contributed by atoms with Crippen LogP contribution in [0, 0.1) is 6.92 Å². The van der Waals surface area contributed by atoms with Gasteiger partial charge in [-0.3, -0.25) is 4.90 Å². The molecule has 1 N–H and O–H groups in total. The molecule has 1 aromatic heterocycles. The van der Waals surface area contributed by atoms with E-state index in [1.54, 1.807) is 0 Å². The summed E-state index contributed by atoms with van der Waals surface area (Å²) in [6.45, 7) is 8.19. The van der Waals surface area contributed by atoms with E-state index in [1.807, 2.05) is 11.3 Å². The van der Waals surface area contributed by atoms with Crippen LogP contribution < -0.4 is 5.32 Å². The number of nitrogens with zero attached hydrogens (tertiary/aromatic N) is 1. The summed E-state index contributed by atoms with van der Waals surface area (Å²) in [6, 6.07) is 5.16. The molecule has 1 aliphatic heterocycles. The van der Waals surface area contributed by atoms with Crippen molar-refractivity contribution in [2.45, 2.75) is 57.5 Å². The van der Waals surface area contributed by atoms with E-state index in [0.717, 1.165) is 6.54 Å². The van der Waals surface area contributed by atoms with E-state index < -0.39 is 0 Å². The van der Waals surface area contributed by atoms with Gasteiger partial charge in [-0.15, -0.1) is 11.3 Å². The molecular formula is C16H26N2S. The Balaban J connectivity index is 1.70. The molecule has 1 aliphatic carbocycles. The van der Waals surface area contributed by atoms with Crippen molar-refractivity contribution in [1.82, 2.24) is 10.2 Å². The molecule has 19 heavy (non-hydrogen) atoms. The van der Waals surface area contributed by atoms with Gasteiger partial charge in [0, 0.05) is 41.0 Å². The molecule has 1 aromatic rings. The molecule has 3 rings (SSSR count). The van der Waals surface area contributed by atoms with Crippen molar-refractivity contribution in [3.05, 3.63) is 21.9 Å². The molecule has 2 nitrogen and oxygen atoms in total. The molecular weight excluding hydrogens is 252 g/mol. The molecule has 3 heteroatoms. The second-order valence-corrected chi connectivity index (χ2v) is 7.68. The monoisotopic (exact) mass is 278 g/mol. The van der Waals surface area contributed by atoms with Crippen LogP contribution in [-0.4, -0.2) is 30.1 Å². The third kappa shape index (κ3) is 2.88. The molecule has 106 valence electrons. The van der Waals surface area contributed by atoms with Gasteiger partial charge < -0.3 is 5.32 Å². The summed E-state index contributed by atoms with van der Waals surface area (Å²) >= 11 is 1.96. The van der Waals surface area contributed by atoms with Crippen molar-refractivity contribution in [3.63, 3.8) is 0 Å². The van der Waals surface area contributed by atoms with Gasteiger partial charge in [-0.05, 0) is 38.8 Å². The number of piperazine rings is 1. The van der Waals surface area contributed by atoms with Crippen LogP contribution in [0.5, 0.6) is 0 Å². The second-order valence-electron chi connectivity index (χ2n) is 6.36. The summed E-state index contributed by atoms with van der Waals surface area (Å²) in [7, 11) is 0. The molecule has 1 saturated carbocycles. The largest absolute Gasteiger partial charge is 0.309 e. The molecule has 0 amide bonds. The molecule has 1 saturated heterocycles. The van der Waals surface area contributed by atoms with Crippen molar-refractivity contribution in [2.24, 2.45) is 0 Å². The van der Waals surface area contributed by atoms with Gasteiger partial charge in [0.2, 0.25) is 0 Å². The minimum atomic E-state index is 0.428. The van der Waals surface area contributed by atoms with Crippen LogP contribution in [0.15, 0.2) is 12.1 Å². The second kappa shape index (κ2) is 5.55. The quantitative estimate of drug-likeness (QED) is 0.887. The van der Waals surface area contributed by atoms with Crippen LogP contribution in [0.4, 0.5) is 0 Å². The van der Waals surface area contributed by atoms with Crippen LogP contribution >= 0.6 is 11.3 Å². The predicted octanol–water partition coefficient (Wildman–Crippen LogP) is 3.73. The summed E-state index contributed by atoms with van der Waals surface area (Å²) in [4.78, 5) is 5.67. The first-order valence-electron chi connectivity index (χ1n) is 7.74. The summed E-state index contributed by atoms with van der Waals surface area (Å²) in [5.41, 5.74) is 0.428. The van der Waals surface area contributed by atoms with E-state index in [0.29, 0.717) is 11.6 Å². The van der Waals surface area contributed by atoms with Gasteiger partial charge in [-0.25, -0.2) is 0 Å². The first-order valence-corrected chi connectivity index (χ1v) is 8.56. The topological polar surface area (TPSA) is 15.3 Å². The fourth-order valence-corrected chi connectivity index (χ4v) is 4.70. The van der Waals surface area contributed by atoms with Crippen LogP contribution in [0.1, 0.15) is 54.8 Å². The van der Waals surface area contributed by atoms with Crippen molar-refractivity contribution < 1.29 is 0 Å². The Morgan fingerprint density at radius 2 is 2.05 bits per heavy atom. The summed E-state index contributed by atoms with van der Waals surface area (Å²) < 4.78 is 0. The maximum Gasteiger partial charge on any atom is 0.0414 e. The van der Waals surface area contributed by atoms with Gasteiger partial charge >= 0.3 is 0 Å². The van der Waals surface area contributed by atoms with E-state index in [-0.39, 0.29) is 0 Å². The highest BCUT2D eigenvalue weighted by Crippen LogP contribution is 2.34. The van der Waals surface area contributed by atoms with Crippen LogP contribution in [-0.2, 0) is 0 Å². The average Bonchev–Trinajstić information content (AvgIpc) is 2.85. The SMILES string of the molecule is Cc1ccc(C(C)N2CCNC3(CCCCC3)C2)s1. The molecule has 0 bridgehead atoms. The summed E-state index contributed by atoms with van der Waals surface area (Å²) in [6.07, 6.45) is 7.00. The highest BCUT2D eigenvalue weighted by Gasteiger charge is 2.37. The molecule has 1 unspecified atom stereocenters. The normalized spacial score (nSPS) is 25.6. The van der Waals surface area contributed by atoms with Gasteiger partial charge in [0.25, 0.3) is 0 Å². The van der Waals surface area contributed by atoms with Crippen molar-refractivity contribution in [1.29, 1.82) is 0 Å². The third-order valence-corrected chi connectivity index (χ3v) is 6.11. The van der Waals surface area contributed by atoms with Crippen molar-refractivity contribution in [3.8, 4) is 0 Å². The zero-order valence-electron chi connectivity index (χ0n) is 12.2. The molecule has 0 aromatic carbocycles. The van der Waals surface area contributed by atoms with E-state index in [1.165, 1.54) is 54.9 Å². The fraction of sp³-hybridized carbons (Fsp3) is 0.750. The Kier molecular flexibility index (Phi) is 3.97. The number of rotatable bonds is 2. The average molecular weight is 278 g/mol. The maximum atomic E-state index is 3.84. The van der Waals surface area contributed by atoms with Gasteiger partial charge in [-0.2, -0.15) is 0 Å². The number of thiophene rings is 1. The number of hydrogen-bond donors (Lipinski definition) is 1. The Morgan fingerprint density at radius 1 is 1.26 bits per heavy atom. The lowest BCUT2D eigenvalue weighted by molar-refractivity contribution is 0.0740. The Labute approximate surface area is 121 Å². The zero-order chi connectivity index (χ0) is 13.3. The van der Waals surface area contributed by atoms with E-state index in [2.05, 4.69) is 36.2 Å². The molecule has 2 aliphatic rings. The number of nitrogens with one attached hydrogen (secondary N) is 1. The highest BCUT2D eigenvalue weighted by molar-refractivity contribution is 7.12.